The van der Waals surface area contributed by atoms with Crippen molar-refractivity contribution in [2.75, 3.05) is 0 Å². The van der Waals surface area contributed by atoms with E-state index in [4.69, 9.17) is 5.73 Å². The van der Waals surface area contributed by atoms with Gasteiger partial charge in [0.05, 0.1) is 0 Å². The van der Waals surface area contributed by atoms with Crippen molar-refractivity contribution in [2.24, 2.45) is 17.1 Å². The van der Waals surface area contributed by atoms with Crippen molar-refractivity contribution < 1.29 is 0 Å². The van der Waals surface area contributed by atoms with E-state index in [0.717, 1.165) is 6.42 Å². The van der Waals surface area contributed by atoms with Crippen molar-refractivity contribution in [1.29, 1.82) is 0 Å². The Labute approximate surface area is 125 Å². The van der Waals surface area contributed by atoms with Crippen molar-refractivity contribution in [3.8, 4) is 0 Å². The zero-order valence-corrected chi connectivity index (χ0v) is 13.9. The summed E-state index contributed by atoms with van der Waals surface area (Å²) in [5.41, 5.74) is 9.80. The Morgan fingerprint density at radius 2 is 1.70 bits per heavy atom. The summed E-state index contributed by atoms with van der Waals surface area (Å²) in [7, 11) is 0. The first-order valence-electron chi connectivity index (χ1n) is 8.14. The normalized spacial score (nSPS) is 27.9. The molecule has 1 aliphatic rings. The average Bonchev–Trinajstić information content (AvgIpc) is 2.38. The summed E-state index contributed by atoms with van der Waals surface area (Å²) in [5.74, 6) is 1.15. The molecule has 1 aliphatic carbocycles. The van der Waals surface area contributed by atoms with E-state index in [9.17, 15) is 0 Å². The number of hydrogen-bond acceptors (Lipinski definition) is 1. The molecule has 0 amide bonds. The van der Waals surface area contributed by atoms with E-state index in [-0.39, 0.29) is 11.0 Å². The standard InChI is InChI=1S/C19H31N/c1-14(2)15-9-11-16(12-10-15)19(20)13-7-6-8-17(19)18(3,4)5/h9-12,14,17H,6-8,13,20H2,1-5H3. The van der Waals surface area contributed by atoms with Gasteiger partial charge in [-0.05, 0) is 41.2 Å². The van der Waals surface area contributed by atoms with Crippen LogP contribution < -0.4 is 5.73 Å². The highest BCUT2D eigenvalue weighted by Crippen LogP contribution is 2.48. The lowest BCUT2D eigenvalue weighted by Crippen LogP contribution is -2.51. The highest BCUT2D eigenvalue weighted by Gasteiger charge is 2.44. The van der Waals surface area contributed by atoms with Crippen LogP contribution in [0.5, 0.6) is 0 Å². The predicted molar refractivity (Wildman–Crippen MR) is 87.8 cm³/mol. The SMILES string of the molecule is CC(C)c1ccc(C2(N)CCCCC2C(C)(C)C)cc1. The predicted octanol–water partition coefficient (Wildman–Crippen LogP) is 5.20. The van der Waals surface area contributed by atoms with Gasteiger partial charge in [0.2, 0.25) is 0 Å². The minimum atomic E-state index is -0.147. The lowest BCUT2D eigenvalue weighted by Gasteiger charge is -2.48. The smallest absolute Gasteiger partial charge is 0.0443 e. The maximum Gasteiger partial charge on any atom is 0.0443 e. The van der Waals surface area contributed by atoms with Crippen LogP contribution in [0.3, 0.4) is 0 Å². The summed E-state index contributed by atoms with van der Waals surface area (Å²) in [6.45, 7) is 11.5. The summed E-state index contributed by atoms with van der Waals surface area (Å²) in [4.78, 5) is 0. The van der Waals surface area contributed by atoms with E-state index in [1.54, 1.807) is 0 Å². The zero-order valence-electron chi connectivity index (χ0n) is 13.9. The molecule has 2 N–H and O–H groups in total. The number of nitrogens with two attached hydrogens (primary N) is 1. The van der Waals surface area contributed by atoms with Gasteiger partial charge in [-0.1, -0.05) is 71.7 Å². The van der Waals surface area contributed by atoms with Crippen molar-refractivity contribution >= 4 is 0 Å². The minimum absolute atomic E-state index is 0.147. The topological polar surface area (TPSA) is 26.0 Å². The molecular weight excluding hydrogens is 242 g/mol. The molecular formula is C19H31N. The van der Waals surface area contributed by atoms with Gasteiger partial charge in [0, 0.05) is 5.54 Å². The zero-order chi connectivity index (χ0) is 15.0. The van der Waals surface area contributed by atoms with Crippen LogP contribution in [0.25, 0.3) is 0 Å². The van der Waals surface area contributed by atoms with Gasteiger partial charge < -0.3 is 5.73 Å². The summed E-state index contributed by atoms with van der Waals surface area (Å²) >= 11 is 0. The molecule has 20 heavy (non-hydrogen) atoms. The van der Waals surface area contributed by atoms with E-state index in [1.165, 1.54) is 30.4 Å². The van der Waals surface area contributed by atoms with Gasteiger partial charge in [-0.25, -0.2) is 0 Å². The van der Waals surface area contributed by atoms with E-state index in [0.29, 0.717) is 11.8 Å². The summed E-state index contributed by atoms with van der Waals surface area (Å²) in [5, 5.41) is 0. The molecule has 0 heterocycles. The molecule has 2 rings (SSSR count). The summed E-state index contributed by atoms with van der Waals surface area (Å²) in [6, 6.07) is 9.09. The largest absolute Gasteiger partial charge is 0.321 e. The molecule has 1 fully saturated rings. The van der Waals surface area contributed by atoms with E-state index in [2.05, 4.69) is 58.9 Å². The Bertz CT molecular complexity index is 438. The van der Waals surface area contributed by atoms with Crippen LogP contribution in [0.15, 0.2) is 24.3 Å². The van der Waals surface area contributed by atoms with Gasteiger partial charge >= 0.3 is 0 Å². The number of benzene rings is 1. The van der Waals surface area contributed by atoms with Gasteiger partial charge in [-0.2, -0.15) is 0 Å². The molecule has 0 saturated heterocycles. The molecule has 0 aromatic heterocycles. The number of rotatable bonds is 2. The molecule has 0 spiro atoms. The molecule has 2 atom stereocenters. The monoisotopic (exact) mass is 273 g/mol. The maximum absolute atomic E-state index is 6.94. The molecule has 1 heteroatoms. The second kappa shape index (κ2) is 5.52. The first kappa shape index (κ1) is 15.6. The van der Waals surface area contributed by atoms with Crippen LogP contribution in [-0.4, -0.2) is 0 Å². The Morgan fingerprint density at radius 1 is 1.10 bits per heavy atom. The third kappa shape index (κ3) is 2.93. The maximum atomic E-state index is 6.94. The molecule has 2 unspecified atom stereocenters. The molecule has 1 nitrogen and oxygen atoms in total. The Balaban J connectivity index is 2.35. The van der Waals surface area contributed by atoms with E-state index in [1.807, 2.05) is 0 Å². The van der Waals surface area contributed by atoms with Crippen LogP contribution in [0, 0.1) is 11.3 Å². The Morgan fingerprint density at radius 3 is 2.20 bits per heavy atom. The van der Waals surface area contributed by atoms with Gasteiger partial charge in [-0.3, -0.25) is 0 Å². The molecule has 0 radical (unpaired) electrons. The van der Waals surface area contributed by atoms with Gasteiger partial charge in [0.25, 0.3) is 0 Å². The first-order valence-corrected chi connectivity index (χ1v) is 8.14. The third-order valence-electron chi connectivity index (χ3n) is 5.12. The fourth-order valence-electron chi connectivity index (χ4n) is 3.93. The fraction of sp³-hybridized carbons (Fsp3) is 0.684. The van der Waals surface area contributed by atoms with Gasteiger partial charge in [-0.15, -0.1) is 0 Å². The fourth-order valence-corrected chi connectivity index (χ4v) is 3.93. The third-order valence-corrected chi connectivity index (χ3v) is 5.12. The van der Waals surface area contributed by atoms with Gasteiger partial charge in [0.1, 0.15) is 0 Å². The summed E-state index contributed by atoms with van der Waals surface area (Å²) in [6.07, 6.45) is 4.96. The molecule has 1 aromatic carbocycles. The average molecular weight is 273 g/mol. The van der Waals surface area contributed by atoms with Crippen LogP contribution >= 0.6 is 0 Å². The molecule has 1 aromatic rings. The quantitative estimate of drug-likeness (QED) is 0.787. The molecule has 0 bridgehead atoms. The van der Waals surface area contributed by atoms with Crippen LogP contribution in [0.2, 0.25) is 0 Å². The van der Waals surface area contributed by atoms with E-state index >= 15 is 0 Å². The molecule has 1 saturated carbocycles. The van der Waals surface area contributed by atoms with Crippen molar-refractivity contribution in [3.05, 3.63) is 35.4 Å². The Kier molecular flexibility index (Phi) is 4.30. The number of hydrogen-bond donors (Lipinski definition) is 1. The van der Waals surface area contributed by atoms with Crippen LogP contribution in [-0.2, 0) is 5.54 Å². The highest BCUT2D eigenvalue weighted by atomic mass is 14.8. The second-order valence-electron chi connectivity index (χ2n) is 7.98. The van der Waals surface area contributed by atoms with Gasteiger partial charge in [0.15, 0.2) is 0 Å². The first-order chi connectivity index (χ1) is 9.25. The van der Waals surface area contributed by atoms with Crippen LogP contribution in [0.4, 0.5) is 0 Å². The Hall–Kier alpha value is -0.820. The highest BCUT2D eigenvalue weighted by molar-refractivity contribution is 5.31. The van der Waals surface area contributed by atoms with Crippen molar-refractivity contribution in [2.45, 2.75) is 71.8 Å². The molecule has 112 valence electrons. The lowest BCUT2D eigenvalue weighted by atomic mass is 9.60. The lowest BCUT2D eigenvalue weighted by molar-refractivity contribution is 0.0778. The van der Waals surface area contributed by atoms with E-state index < -0.39 is 0 Å². The summed E-state index contributed by atoms with van der Waals surface area (Å²) < 4.78 is 0. The minimum Gasteiger partial charge on any atom is -0.321 e. The molecule has 0 aliphatic heterocycles. The van der Waals surface area contributed by atoms with Crippen molar-refractivity contribution in [1.82, 2.24) is 0 Å². The van der Waals surface area contributed by atoms with Crippen LogP contribution in [0.1, 0.15) is 77.3 Å². The second-order valence-corrected chi connectivity index (χ2v) is 7.98. The van der Waals surface area contributed by atoms with Crippen molar-refractivity contribution in [3.63, 3.8) is 0 Å².